The van der Waals surface area contributed by atoms with Crippen molar-refractivity contribution in [2.24, 2.45) is 10.4 Å². The number of benzene rings is 1. The van der Waals surface area contributed by atoms with Crippen LogP contribution >= 0.6 is 24.0 Å². The third kappa shape index (κ3) is 12.3. The average Bonchev–Trinajstić information content (AvgIpc) is 2.53. The molecular weight excluding hydrogens is 473 g/mol. The number of sulfone groups is 1. The smallest absolute Gasteiger partial charge is 0.191 e. The molecule has 7 heteroatoms. The van der Waals surface area contributed by atoms with Gasteiger partial charge in [-0.2, -0.15) is 0 Å². The van der Waals surface area contributed by atoms with E-state index in [9.17, 15) is 8.42 Å². The summed E-state index contributed by atoms with van der Waals surface area (Å²) >= 11 is 0. The summed E-state index contributed by atoms with van der Waals surface area (Å²) in [6.45, 7) is 11.3. The minimum Gasteiger partial charge on any atom is -0.357 e. The van der Waals surface area contributed by atoms with Crippen molar-refractivity contribution in [2.75, 3.05) is 25.9 Å². The van der Waals surface area contributed by atoms with Gasteiger partial charge in [-0.25, -0.2) is 8.42 Å². The highest BCUT2D eigenvalue weighted by atomic mass is 127. The summed E-state index contributed by atoms with van der Waals surface area (Å²) in [5, 5.41) is 6.61. The lowest BCUT2D eigenvalue weighted by Crippen LogP contribution is -2.38. The number of nitrogens with one attached hydrogen (secondary N) is 2. The zero-order chi connectivity index (χ0) is 19.6. The average molecular weight is 509 g/mol. The van der Waals surface area contributed by atoms with Gasteiger partial charge >= 0.3 is 0 Å². The van der Waals surface area contributed by atoms with E-state index in [-0.39, 0.29) is 24.0 Å². The Bertz CT molecular complexity index is 665. The highest BCUT2D eigenvalue weighted by Gasteiger charge is 2.09. The number of guanidine groups is 1. The van der Waals surface area contributed by atoms with Gasteiger partial charge in [0.1, 0.15) is 0 Å². The second-order valence-electron chi connectivity index (χ2n) is 7.87. The summed E-state index contributed by atoms with van der Waals surface area (Å²) in [4.78, 5) is 4.99. The van der Waals surface area contributed by atoms with Gasteiger partial charge < -0.3 is 10.6 Å². The van der Waals surface area contributed by atoms with Crippen molar-refractivity contribution in [3.63, 3.8) is 0 Å². The molecule has 0 saturated heterocycles. The molecular formula is C20H36IN3O2S. The second-order valence-corrected chi connectivity index (χ2v) is 9.89. The van der Waals surface area contributed by atoms with E-state index in [0.717, 1.165) is 44.0 Å². The molecule has 0 fully saturated rings. The first-order chi connectivity index (χ1) is 12.1. The van der Waals surface area contributed by atoms with Gasteiger partial charge in [-0.1, -0.05) is 39.3 Å². The summed E-state index contributed by atoms with van der Waals surface area (Å²) in [6.07, 6.45) is 5.55. The number of nitrogens with zero attached hydrogens (tertiary/aromatic N) is 1. The van der Waals surface area contributed by atoms with Gasteiger partial charge in [-0.3, -0.25) is 4.99 Å². The largest absolute Gasteiger partial charge is 0.357 e. The van der Waals surface area contributed by atoms with Crippen LogP contribution in [0.15, 0.2) is 34.2 Å². The van der Waals surface area contributed by atoms with Gasteiger partial charge in [-0.15, -0.1) is 24.0 Å². The van der Waals surface area contributed by atoms with E-state index in [1.165, 1.54) is 19.1 Å². The predicted octanol–water partition coefficient (Wildman–Crippen LogP) is 4.02. The lowest BCUT2D eigenvalue weighted by Gasteiger charge is -2.17. The summed E-state index contributed by atoms with van der Waals surface area (Å²) in [7, 11) is -3.13. The molecule has 0 aliphatic carbocycles. The lowest BCUT2D eigenvalue weighted by atomic mass is 9.90. The van der Waals surface area contributed by atoms with E-state index < -0.39 is 9.84 Å². The summed E-state index contributed by atoms with van der Waals surface area (Å²) < 4.78 is 23.0. The van der Waals surface area contributed by atoms with E-state index in [1.54, 1.807) is 12.1 Å². The third-order valence-electron chi connectivity index (χ3n) is 4.01. The molecule has 5 nitrogen and oxygen atoms in total. The zero-order valence-corrected chi connectivity index (χ0v) is 20.5. The monoisotopic (exact) mass is 509 g/mol. The molecule has 0 unspecified atom stereocenters. The molecule has 1 aromatic rings. The minimum absolute atomic E-state index is 0. The van der Waals surface area contributed by atoms with Gasteiger partial charge in [0.25, 0.3) is 0 Å². The van der Waals surface area contributed by atoms with Crippen molar-refractivity contribution < 1.29 is 8.42 Å². The number of halogens is 1. The highest BCUT2D eigenvalue weighted by molar-refractivity contribution is 14.0. The van der Waals surface area contributed by atoms with Crippen LogP contribution in [0.2, 0.25) is 0 Å². The quantitative estimate of drug-likeness (QED) is 0.228. The normalized spacial score (nSPS) is 12.4. The Morgan fingerprint density at radius 3 is 2.22 bits per heavy atom. The molecule has 0 radical (unpaired) electrons. The Hall–Kier alpha value is -0.830. The molecule has 156 valence electrons. The Balaban J connectivity index is 0.00000676. The van der Waals surface area contributed by atoms with Crippen LogP contribution in [0.3, 0.4) is 0 Å². The maximum absolute atomic E-state index is 11.5. The van der Waals surface area contributed by atoms with Crippen LogP contribution in [0.4, 0.5) is 0 Å². The maximum Gasteiger partial charge on any atom is 0.191 e. The van der Waals surface area contributed by atoms with Gasteiger partial charge in [0, 0.05) is 25.9 Å². The molecule has 0 amide bonds. The van der Waals surface area contributed by atoms with E-state index in [1.807, 2.05) is 12.1 Å². The number of rotatable bonds is 9. The molecule has 0 saturated carbocycles. The molecule has 0 spiro atoms. The van der Waals surface area contributed by atoms with Crippen LogP contribution in [0.5, 0.6) is 0 Å². The predicted molar refractivity (Wildman–Crippen MR) is 126 cm³/mol. The van der Waals surface area contributed by atoms with Gasteiger partial charge in [0.2, 0.25) is 0 Å². The van der Waals surface area contributed by atoms with E-state index >= 15 is 0 Å². The first kappa shape index (κ1) is 26.2. The van der Waals surface area contributed by atoms with E-state index in [0.29, 0.717) is 10.3 Å². The molecule has 1 aromatic carbocycles. The zero-order valence-electron chi connectivity index (χ0n) is 17.3. The summed E-state index contributed by atoms with van der Waals surface area (Å²) in [5.74, 6) is 0.844. The van der Waals surface area contributed by atoms with Crippen LogP contribution in [0.25, 0.3) is 0 Å². The van der Waals surface area contributed by atoms with Crippen molar-refractivity contribution in [1.82, 2.24) is 10.6 Å². The first-order valence-electron chi connectivity index (χ1n) is 9.43. The maximum atomic E-state index is 11.5. The Kier molecular flexibility index (Phi) is 12.2. The van der Waals surface area contributed by atoms with E-state index in [4.69, 9.17) is 0 Å². The van der Waals surface area contributed by atoms with Crippen LogP contribution in [0.1, 0.15) is 52.5 Å². The van der Waals surface area contributed by atoms with Gasteiger partial charge in [-0.05, 0) is 49.3 Å². The van der Waals surface area contributed by atoms with Crippen LogP contribution < -0.4 is 10.6 Å². The van der Waals surface area contributed by atoms with E-state index in [2.05, 4.69) is 43.3 Å². The number of hydrogen-bond donors (Lipinski definition) is 2. The second kappa shape index (κ2) is 12.6. The molecule has 0 bridgehead atoms. The van der Waals surface area contributed by atoms with Crippen molar-refractivity contribution in [3.05, 3.63) is 29.8 Å². The van der Waals surface area contributed by atoms with Gasteiger partial charge in [0.05, 0.1) is 4.90 Å². The Labute approximate surface area is 182 Å². The highest BCUT2D eigenvalue weighted by Crippen LogP contribution is 2.21. The Morgan fingerprint density at radius 2 is 1.70 bits per heavy atom. The fraction of sp³-hybridized carbons (Fsp3) is 0.650. The van der Waals surface area contributed by atoms with Crippen molar-refractivity contribution in [2.45, 2.75) is 58.3 Å². The summed E-state index contributed by atoms with van der Waals surface area (Å²) in [5.41, 5.74) is 1.49. The molecule has 0 aliphatic heterocycles. The van der Waals surface area contributed by atoms with Crippen molar-refractivity contribution >= 4 is 39.8 Å². The van der Waals surface area contributed by atoms with Crippen LogP contribution in [-0.2, 0) is 16.3 Å². The molecule has 0 aliphatic rings. The Morgan fingerprint density at radius 1 is 1.07 bits per heavy atom. The first-order valence-corrected chi connectivity index (χ1v) is 11.3. The van der Waals surface area contributed by atoms with Crippen LogP contribution in [0, 0.1) is 5.41 Å². The molecule has 0 heterocycles. The SMILES string of the molecule is CCNC(=NCCCCC(C)(C)C)NCCc1ccc(S(C)(=O)=O)cc1.I. The number of hydrogen-bond acceptors (Lipinski definition) is 3. The molecule has 1 rings (SSSR count). The topological polar surface area (TPSA) is 70.6 Å². The third-order valence-corrected chi connectivity index (χ3v) is 5.14. The summed E-state index contributed by atoms with van der Waals surface area (Å²) in [6, 6.07) is 7.07. The fourth-order valence-corrected chi connectivity index (χ4v) is 3.16. The fourth-order valence-electron chi connectivity index (χ4n) is 2.53. The van der Waals surface area contributed by atoms with Crippen molar-refractivity contribution in [1.29, 1.82) is 0 Å². The molecule has 0 aromatic heterocycles. The van der Waals surface area contributed by atoms with Crippen LogP contribution in [-0.4, -0.2) is 40.3 Å². The number of aliphatic imine (C=N–C) groups is 1. The van der Waals surface area contributed by atoms with Crippen molar-refractivity contribution in [3.8, 4) is 0 Å². The standard InChI is InChI=1S/C20H35N3O2S.HI/c1-6-21-19(22-15-8-7-14-20(2,3)4)23-16-13-17-9-11-18(12-10-17)26(5,24)25;/h9-12H,6-8,13-16H2,1-5H3,(H2,21,22,23);1H. The minimum atomic E-state index is -3.13. The van der Waals surface area contributed by atoms with Gasteiger partial charge in [0.15, 0.2) is 15.8 Å². The molecule has 27 heavy (non-hydrogen) atoms. The number of unbranched alkanes of at least 4 members (excludes halogenated alkanes) is 1. The lowest BCUT2D eigenvalue weighted by molar-refractivity contribution is 0.361. The molecule has 2 N–H and O–H groups in total. The molecule has 0 atom stereocenters.